The smallest absolute Gasteiger partial charge is 0.248 e. The van der Waals surface area contributed by atoms with Crippen molar-refractivity contribution in [2.24, 2.45) is 0 Å². The van der Waals surface area contributed by atoms with Crippen molar-refractivity contribution < 1.29 is 14.3 Å². The van der Waals surface area contributed by atoms with Crippen LogP contribution in [0.2, 0.25) is 0 Å². The lowest BCUT2D eigenvalue weighted by Crippen LogP contribution is -2.44. The standard InChI is InChI=1S/C29H29N3O3S/c1-20-6-4-8-26(21(20)2)32(27(33)18-25-7-5-17-36-25)28(23-13-15-30-16-14-23)29(34)31-19-22-9-11-24(35-3)12-10-22/h4-17,28H,18-19H2,1-3H3,(H,31,34). The number of hydrogen-bond acceptors (Lipinski definition) is 5. The molecule has 4 aromatic rings. The summed E-state index contributed by atoms with van der Waals surface area (Å²) >= 11 is 1.53. The molecule has 184 valence electrons. The second kappa shape index (κ2) is 11.6. The van der Waals surface area contributed by atoms with Gasteiger partial charge in [0.05, 0.1) is 13.5 Å². The number of nitrogens with one attached hydrogen (secondary N) is 1. The van der Waals surface area contributed by atoms with Crippen LogP contribution in [-0.2, 0) is 22.6 Å². The van der Waals surface area contributed by atoms with Gasteiger partial charge in [-0.15, -0.1) is 11.3 Å². The van der Waals surface area contributed by atoms with Gasteiger partial charge in [0, 0.05) is 29.5 Å². The Morgan fingerprint density at radius 2 is 1.75 bits per heavy atom. The van der Waals surface area contributed by atoms with Crippen molar-refractivity contribution in [1.29, 1.82) is 0 Å². The molecule has 0 fully saturated rings. The van der Waals surface area contributed by atoms with Gasteiger partial charge in [-0.1, -0.05) is 30.3 Å². The van der Waals surface area contributed by atoms with Gasteiger partial charge in [-0.05, 0) is 77.9 Å². The van der Waals surface area contributed by atoms with Crippen molar-refractivity contribution in [3.8, 4) is 5.75 Å². The van der Waals surface area contributed by atoms with E-state index in [1.807, 2.05) is 73.8 Å². The van der Waals surface area contributed by atoms with Crippen LogP contribution in [0.15, 0.2) is 84.5 Å². The van der Waals surface area contributed by atoms with E-state index in [9.17, 15) is 9.59 Å². The number of nitrogens with zero attached hydrogens (tertiary/aromatic N) is 2. The van der Waals surface area contributed by atoms with Crippen LogP contribution in [0.1, 0.15) is 33.2 Å². The lowest BCUT2D eigenvalue weighted by Gasteiger charge is -2.33. The highest BCUT2D eigenvalue weighted by Crippen LogP contribution is 2.32. The average molecular weight is 500 g/mol. The molecule has 2 amide bonds. The van der Waals surface area contributed by atoms with Crippen molar-refractivity contribution in [1.82, 2.24) is 10.3 Å². The third-order valence-corrected chi connectivity index (χ3v) is 7.04. The predicted molar refractivity (Wildman–Crippen MR) is 143 cm³/mol. The summed E-state index contributed by atoms with van der Waals surface area (Å²) in [6.07, 6.45) is 3.49. The van der Waals surface area contributed by atoms with Crippen molar-refractivity contribution in [3.63, 3.8) is 0 Å². The number of rotatable bonds is 9. The first kappa shape index (κ1) is 25.1. The van der Waals surface area contributed by atoms with Crippen molar-refractivity contribution in [2.75, 3.05) is 12.0 Å². The molecule has 4 rings (SSSR count). The number of methoxy groups -OCH3 is 1. The fraction of sp³-hybridized carbons (Fsp3) is 0.207. The molecule has 1 unspecified atom stereocenters. The maximum atomic E-state index is 13.9. The zero-order valence-corrected chi connectivity index (χ0v) is 21.4. The molecular formula is C29H29N3O3S. The van der Waals surface area contributed by atoms with Crippen LogP contribution in [0.5, 0.6) is 5.75 Å². The van der Waals surface area contributed by atoms with Crippen LogP contribution in [0.3, 0.4) is 0 Å². The third-order valence-electron chi connectivity index (χ3n) is 6.16. The zero-order chi connectivity index (χ0) is 25.5. The largest absolute Gasteiger partial charge is 0.497 e. The summed E-state index contributed by atoms with van der Waals surface area (Å²) in [5.41, 5.74) is 4.35. The van der Waals surface area contributed by atoms with E-state index >= 15 is 0 Å². The number of carbonyl (C=O) groups excluding carboxylic acids is 2. The maximum Gasteiger partial charge on any atom is 0.248 e. The molecule has 1 N–H and O–H groups in total. The highest BCUT2D eigenvalue weighted by molar-refractivity contribution is 7.10. The Labute approximate surface area is 215 Å². The molecule has 0 aliphatic heterocycles. The summed E-state index contributed by atoms with van der Waals surface area (Å²) < 4.78 is 5.22. The molecule has 1 atom stereocenters. The Bertz CT molecular complexity index is 1310. The molecule has 0 bridgehead atoms. The van der Waals surface area contributed by atoms with Gasteiger partial charge >= 0.3 is 0 Å². The first-order valence-corrected chi connectivity index (χ1v) is 12.6. The molecule has 6 nitrogen and oxygen atoms in total. The molecular weight excluding hydrogens is 470 g/mol. The molecule has 0 aliphatic rings. The van der Waals surface area contributed by atoms with Gasteiger partial charge in [-0.25, -0.2) is 0 Å². The highest BCUT2D eigenvalue weighted by atomic mass is 32.1. The number of carbonyl (C=O) groups is 2. The number of hydrogen-bond donors (Lipinski definition) is 1. The number of amides is 2. The number of ether oxygens (including phenoxy) is 1. The maximum absolute atomic E-state index is 13.9. The fourth-order valence-corrected chi connectivity index (χ4v) is 4.75. The van der Waals surface area contributed by atoms with Gasteiger partial charge in [0.15, 0.2) is 0 Å². The van der Waals surface area contributed by atoms with Crippen LogP contribution < -0.4 is 15.0 Å². The number of aryl methyl sites for hydroxylation is 1. The first-order valence-electron chi connectivity index (χ1n) is 11.7. The fourth-order valence-electron chi connectivity index (χ4n) is 4.05. The van der Waals surface area contributed by atoms with Gasteiger partial charge in [-0.3, -0.25) is 19.5 Å². The first-order chi connectivity index (χ1) is 17.5. The number of benzene rings is 2. The van der Waals surface area contributed by atoms with E-state index in [2.05, 4.69) is 10.3 Å². The van der Waals surface area contributed by atoms with Gasteiger partial charge in [0.2, 0.25) is 11.8 Å². The SMILES string of the molecule is COc1ccc(CNC(=O)C(c2ccncc2)N(C(=O)Cc2cccs2)c2cccc(C)c2C)cc1. The van der Waals surface area contributed by atoms with E-state index in [1.54, 1.807) is 36.5 Å². The second-order valence-corrected chi connectivity index (χ2v) is 9.52. The van der Waals surface area contributed by atoms with Crippen LogP contribution >= 0.6 is 11.3 Å². The molecule has 36 heavy (non-hydrogen) atoms. The monoisotopic (exact) mass is 499 g/mol. The number of pyridine rings is 1. The molecule has 0 radical (unpaired) electrons. The van der Waals surface area contributed by atoms with Crippen LogP contribution in [0.25, 0.3) is 0 Å². The van der Waals surface area contributed by atoms with Gasteiger partial charge in [-0.2, -0.15) is 0 Å². The normalized spacial score (nSPS) is 11.5. The minimum atomic E-state index is -0.862. The number of anilines is 1. The molecule has 0 spiro atoms. The van der Waals surface area contributed by atoms with Crippen LogP contribution in [0, 0.1) is 13.8 Å². The van der Waals surface area contributed by atoms with Crippen molar-refractivity contribution in [3.05, 3.63) is 112 Å². The Morgan fingerprint density at radius 3 is 2.42 bits per heavy atom. The van der Waals surface area contributed by atoms with Crippen molar-refractivity contribution >= 4 is 28.8 Å². The Morgan fingerprint density at radius 1 is 1.00 bits per heavy atom. The van der Waals surface area contributed by atoms with E-state index in [0.717, 1.165) is 33.0 Å². The third kappa shape index (κ3) is 5.80. The summed E-state index contributed by atoms with van der Waals surface area (Å²) in [6, 6.07) is 19.9. The van der Waals surface area contributed by atoms with Gasteiger partial charge < -0.3 is 10.1 Å². The van der Waals surface area contributed by atoms with E-state index in [0.29, 0.717) is 12.1 Å². The Hall–Kier alpha value is -3.97. The van der Waals surface area contributed by atoms with Crippen LogP contribution in [0.4, 0.5) is 5.69 Å². The predicted octanol–water partition coefficient (Wildman–Crippen LogP) is 5.40. The molecule has 0 aliphatic carbocycles. The summed E-state index contributed by atoms with van der Waals surface area (Å²) in [6.45, 7) is 4.31. The Balaban J connectivity index is 1.72. The average Bonchev–Trinajstić information content (AvgIpc) is 3.41. The topological polar surface area (TPSA) is 71.5 Å². The summed E-state index contributed by atoms with van der Waals surface area (Å²) in [4.78, 5) is 34.4. The molecule has 7 heteroatoms. The second-order valence-electron chi connectivity index (χ2n) is 8.49. The summed E-state index contributed by atoms with van der Waals surface area (Å²) in [5.74, 6) is 0.338. The minimum Gasteiger partial charge on any atom is -0.497 e. The number of thiophene rings is 1. The van der Waals surface area contributed by atoms with E-state index < -0.39 is 6.04 Å². The highest BCUT2D eigenvalue weighted by Gasteiger charge is 2.33. The molecule has 0 saturated heterocycles. The van der Waals surface area contributed by atoms with E-state index in [1.165, 1.54) is 11.3 Å². The lowest BCUT2D eigenvalue weighted by molar-refractivity contribution is -0.126. The van der Waals surface area contributed by atoms with Crippen LogP contribution in [-0.4, -0.2) is 23.9 Å². The quantitative estimate of drug-likeness (QED) is 0.335. The zero-order valence-electron chi connectivity index (χ0n) is 20.6. The van der Waals surface area contributed by atoms with E-state index in [4.69, 9.17) is 4.74 Å². The molecule has 0 saturated carbocycles. The minimum absolute atomic E-state index is 0.146. The van der Waals surface area contributed by atoms with Gasteiger partial charge in [0.1, 0.15) is 11.8 Å². The Kier molecular flexibility index (Phi) is 8.13. The summed E-state index contributed by atoms with van der Waals surface area (Å²) in [5, 5.41) is 4.99. The molecule has 2 aromatic heterocycles. The van der Waals surface area contributed by atoms with Crippen molar-refractivity contribution in [2.45, 2.75) is 32.9 Å². The lowest BCUT2D eigenvalue weighted by atomic mass is 10.0. The number of aromatic nitrogens is 1. The molecule has 2 heterocycles. The van der Waals surface area contributed by atoms with Gasteiger partial charge in [0.25, 0.3) is 0 Å². The van der Waals surface area contributed by atoms with E-state index in [-0.39, 0.29) is 18.2 Å². The summed E-state index contributed by atoms with van der Waals surface area (Å²) in [7, 11) is 1.62. The molecule has 2 aromatic carbocycles.